The van der Waals surface area contributed by atoms with Crippen molar-refractivity contribution in [2.45, 2.75) is 0 Å². The van der Waals surface area contributed by atoms with Gasteiger partial charge in [0, 0.05) is 11.6 Å². The first-order valence-electron chi connectivity index (χ1n) is 5.74. The van der Waals surface area contributed by atoms with E-state index in [9.17, 15) is 0 Å². The average Bonchev–Trinajstić information content (AvgIpc) is 3.06. The van der Waals surface area contributed by atoms with Gasteiger partial charge in [-0.05, 0) is 12.1 Å². The highest BCUT2D eigenvalue weighted by Crippen LogP contribution is 2.23. The lowest BCUT2D eigenvalue weighted by molar-refractivity contribution is 1.10. The lowest BCUT2D eigenvalue weighted by Gasteiger charge is -2.05. The maximum atomic E-state index is 4.27. The van der Waals surface area contributed by atoms with Gasteiger partial charge < -0.3 is 10.3 Å². The molecule has 0 saturated carbocycles. The summed E-state index contributed by atoms with van der Waals surface area (Å²) in [4.78, 5) is 15.7. The molecule has 4 aromatic heterocycles. The Bertz CT molecular complexity index is 860. The molecule has 0 amide bonds. The van der Waals surface area contributed by atoms with Gasteiger partial charge in [-0.25, -0.2) is 15.0 Å². The number of hydrogen-bond acceptors (Lipinski definition) is 5. The van der Waals surface area contributed by atoms with Crippen LogP contribution in [0, 0.1) is 0 Å². The highest BCUT2D eigenvalue weighted by Gasteiger charge is 2.05. The molecule has 0 bridgehead atoms. The zero-order chi connectivity index (χ0) is 12.7. The molecule has 0 atom stereocenters. The number of hydrogen-bond donors (Lipinski definition) is 3. The average molecular weight is 251 g/mol. The number of nitrogens with zero attached hydrogens (tertiary/aromatic N) is 4. The maximum absolute atomic E-state index is 4.27. The van der Waals surface area contributed by atoms with Gasteiger partial charge in [0.25, 0.3) is 0 Å². The Morgan fingerprint density at radius 1 is 1.05 bits per heavy atom. The third kappa shape index (κ3) is 1.60. The van der Waals surface area contributed by atoms with Crippen LogP contribution in [-0.4, -0.2) is 30.1 Å². The zero-order valence-corrected chi connectivity index (χ0v) is 9.75. The Morgan fingerprint density at radius 3 is 3.05 bits per heavy atom. The van der Waals surface area contributed by atoms with Crippen molar-refractivity contribution in [1.82, 2.24) is 30.1 Å². The topological polar surface area (TPSA) is 95.2 Å². The molecule has 0 saturated heterocycles. The van der Waals surface area contributed by atoms with Crippen molar-refractivity contribution >= 4 is 33.6 Å². The monoisotopic (exact) mass is 251 g/mol. The van der Waals surface area contributed by atoms with Crippen LogP contribution in [0.4, 0.5) is 11.5 Å². The van der Waals surface area contributed by atoms with Gasteiger partial charge in [-0.1, -0.05) is 0 Å². The summed E-state index contributed by atoms with van der Waals surface area (Å²) in [6.45, 7) is 0. The van der Waals surface area contributed by atoms with Crippen LogP contribution in [-0.2, 0) is 0 Å². The fourth-order valence-electron chi connectivity index (χ4n) is 2.01. The SMILES string of the molecule is c1nc(Nc2cnc3[nH]ncc3c2)c2cc[nH]c2n1. The summed E-state index contributed by atoms with van der Waals surface area (Å²) in [5, 5.41) is 11.9. The van der Waals surface area contributed by atoms with E-state index in [1.54, 1.807) is 12.4 Å². The Balaban J connectivity index is 1.79. The highest BCUT2D eigenvalue weighted by atomic mass is 15.1. The molecular formula is C12H9N7. The molecule has 0 spiro atoms. The maximum Gasteiger partial charge on any atom is 0.155 e. The summed E-state index contributed by atoms with van der Waals surface area (Å²) in [6, 6.07) is 3.90. The summed E-state index contributed by atoms with van der Waals surface area (Å²) in [5.74, 6) is 0.746. The van der Waals surface area contributed by atoms with Crippen LogP contribution in [0.2, 0.25) is 0 Å². The van der Waals surface area contributed by atoms with Crippen molar-refractivity contribution in [2.75, 3.05) is 5.32 Å². The number of pyridine rings is 1. The van der Waals surface area contributed by atoms with E-state index in [-0.39, 0.29) is 0 Å². The summed E-state index contributed by atoms with van der Waals surface area (Å²) in [6.07, 6.45) is 6.83. The number of fused-ring (bicyclic) bond motifs is 2. The Labute approximate surface area is 107 Å². The quantitative estimate of drug-likeness (QED) is 0.506. The summed E-state index contributed by atoms with van der Waals surface area (Å²) in [7, 11) is 0. The molecule has 0 aliphatic heterocycles. The van der Waals surface area contributed by atoms with E-state index in [0.29, 0.717) is 0 Å². The van der Waals surface area contributed by atoms with Gasteiger partial charge in [0.1, 0.15) is 17.8 Å². The molecular weight excluding hydrogens is 242 g/mol. The molecule has 0 fully saturated rings. The molecule has 92 valence electrons. The number of aromatic amines is 2. The standard InChI is InChI=1S/C12H9N7/c1-2-13-11-9(1)12(16-6-15-11)18-8-3-7-4-17-19-10(7)14-5-8/h1-6H,(H,14,17,19)(H2,13,15,16,18). The van der Waals surface area contributed by atoms with Crippen LogP contribution >= 0.6 is 0 Å². The second-order valence-electron chi connectivity index (χ2n) is 4.12. The number of H-pyrrole nitrogens is 2. The minimum Gasteiger partial charge on any atom is -0.346 e. The molecule has 0 aliphatic carbocycles. The van der Waals surface area contributed by atoms with Crippen molar-refractivity contribution in [3.05, 3.63) is 37.1 Å². The number of rotatable bonds is 2. The minimum absolute atomic E-state index is 0.746. The molecule has 0 aromatic carbocycles. The smallest absolute Gasteiger partial charge is 0.155 e. The van der Waals surface area contributed by atoms with Crippen molar-refractivity contribution in [3.8, 4) is 0 Å². The van der Waals surface area contributed by atoms with Crippen molar-refractivity contribution in [2.24, 2.45) is 0 Å². The molecule has 7 nitrogen and oxygen atoms in total. The molecule has 3 N–H and O–H groups in total. The van der Waals surface area contributed by atoms with E-state index >= 15 is 0 Å². The molecule has 4 aromatic rings. The lowest BCUT2D eigenvalue weighted by Crippen LogP contribution is -1.95. The Kier molecular flexibility index (Phi) is 1.99. The van der Waals surface area contributed by atoms with Crippen LogP contribution in [0.25, 0.3) is 22.1 Å². The first-order chi connectivity index (χ1) is 9.40. The number of anilines is 2. The van der Waals surface area contributed by atoms with E-state index in [0.717, 1.165) is 33.6 Å². The van der Waals surface area contributed by atoms with E-state index in [2.05, 4.69) is 35.5 Å². The van der Waals surface area contributed by atoms with Gasteiger partial charge in [-0.2, -0.15) is 5.10 Å². The van der Waals surface area contributed by atoms with Crippen LogP contribution in [0.5, 0.6) is 0 Å². The minimum atomic E-state index is 0.746. The first kappa shape index (κ1) is 10.0. The normalized spacial score (nSPS) is 11.2. The van der Waals surface area contributed by atoms with E-state index in [4.69, 9.17) is 0 Å². The molecule has 0 radical (unpaired) electrons. The van der Waals surface area contributed by atoms with Crippen LogP contribution in [0.1, 0.15) is 0 Å². The molecule has 19 heavy (non-hydrogen) atoms. The largest absolute Gasteiger partial charge is 0.346 e. The van der Waals surface area contributed by atoms with Gasteiger partial charge >= 0.3 is 0 Å². The second kappa shape index (κ2) is 3.77. The summed E-state index contributed by atoms with van der Waals surface area (Å²) < 4.78 is 0. The molecule has 4 heterocycles. The highest BCUT2D eigenvalue weighted by molar-refractivity contribution is 5.89. The summed E-state index contributed by atoms with van der Waals surface area (Å²) >= 11 is 0. The van der Waals surface area contributed by atoms with Gasteiger partial charge in [-0.15, -0.1) is 0 Å². The molecule has 7 heteroatoms. The van der Waals surface area contributed by atoms with Gasteiger partial charge in [0.05, 0.1) is 23.5 Å². The number of nitrogens with one attached hydrogen (secondary N) is 3. The van der Waals surface area contributed by atoms with Gasteiger partial charge in [0.15, 0.2) is 5.65 Å². The van der Waals surface area contributed by atoms with E-state index in [1.807, 2.05) is 18.3 Å². The first-order valence-corrected chi connectivity index (χ1v) is 5.74. The third-order valence-electron chi connectivity index (χ3n) is 2.91. The molecule has 4 rings (SSSR count). The van der Waals surface area contributed by atoms with Crippen molar-refractivity contribution in [1.29, 1.82) is 0 Å². The third-order valence-corrected chi connectivity index (χ3v) is 2.91. The van der Waals surface area contributed by atoms with E-state index in [1.165, 1.54) is 6.33 Å². The predicted octanol–water partition coefficient (Wildman–Crippen LogP) is 1.97. The molecule has 0 unspecified atom stereocenters. The van der Waals surface area contributed by atoms with Gasteiger partial charge in [-0.3, -0.25) is 5.10 Å². The fourth-order valence-corrected chi connectivity index (χ4v) is 2.01. The van der Waals surface area contributed by atoms with Crippen LogP contribution in [0.3, 0.4) is 0 Å². The Morgan fingerprint density at radius 2 is 2.05 bits per heavy atom. The fraction of sp³-hybridized carbons (Fsp3) is 0. The lowest BCUT2D eigenvalue weighted by atomic mass is 10.3. The Hall–Kier alpha value is -2.96. The predicted molar refractivity (Wildman–Crippen MR) is 71.1 cm³/mol. The van der Waals surface area contributed by atoms with Crippen molar-refractivity contribution in [3.63, 3.8) is 0 Å². The summed E-state index contributed by atoms with van der Waals surface area (Å²) in [5.41, 5.74) is 2.42. The van der Waals surface area contributed by atoms with Gasteiger partial charge in [0.2, 0.25) is 0 Å². The molecule has 0 aliphatic rings. The van der Waals surface area contributed by atoms with Crippen LogP contribution < -0.4 is 5.32 Å². The van der Waals surface area contributed by atoms with Crippen LogP contribution in [0.15, 0.2) is 37.1 Å². The van der Waals surface area contributed by atoms with E-state index < -0.39 is 0 Å². The number of aromatic nitrogens is 6. The van der Waals surface area contributed by atoms with Crippen molar-refractivity contribution < 1.29 is 0 Å². The zero-order valence-electron chi connectivity index (χ0n) is 9.75. The second-order valence-corrected chi connectivity index (χ2v) is 4.12.